The maximum absolute atomic E-state index is 11.6. The van der Waals surface area contributed by atoms with Gasteiger partial charge in [-0.2, -0.15) is 0 Å². The highest BCUT2D eigenvalue weighted by Crippen LogP contribution is 2.27. The van der Waals surface area contributed by atoms with Crippen molar-refractivity contribution in [1.29, 1.82) is 0 Å². The van der Waals surface area contributed by atoms with E-state index >= 15 is 0 Å². The Labute approximate surface area is 126 Å². The summed E-state index contributed by atoms with van der Waals surface area (Å²) in [5, 5.41) is 15.5. The number of amides is 2. The summed E-state index contributed by atoms with van der Waals surface area (Å²) in [7, 11) is 0. The zero-order valence-corrected chi connectivity index (χ0v) is 12.3. The van der Waals surface area contributed by atoms with Gasteiger partial charge in [0.1, 0.15) is 5.02 Å². The number of nitrogens with one attached hydrogen (secondary N) is 2. The summed E-state index contributed by atoms with van der Waals surface area (Å²) in [4.78, 5) is 33.2. The van der Waals surface area contributed by atoms with E-state index in [0.29, 0.717) is 6.54 Å². The number of carbonyl (C=O) groups excluding carboxylic acids is 2. The monoisotopic (exact) mass is 313 g/mol. The second-order valence-electron chi connectivity index (χ2n) is 4.34. The molecule has 2 N–H and O–H groups in total. The van der Waals surface area contributed by atoms with Crippen molar-refractivity contribution in [3.63, 3.8) is 0 Å². The maximum atomic E-state index is 11.6. The topological polar surface area (TPSA) is 101 Å². The van der Waals surface area contributed by atoms with Crippen LogP contribution in [0.2, 0.25) is 5.02 Å². The largest absolute Gasteiger partial charge is 0.348 e. The molecule has 0 saturated carbocycles. The van der Waals surface area contributed by atoms with Crippen molar-refractivity contribution < 1.29 is 14.5 Å². The molecular weight excluding hydrogens is 298 g/mol. The maximum Gasteiger partial charge on any atom is 0.313 e. The van der Waals surface area contributed by atoms with E-state index in [-0.39, 0.29) is 16.4 Å². The minimum absolute atomic E-state index is 0.0398. The summed E-state index contributed by atoms with van der Waals surface area (Å²) in [5.41, 5.74) is -0.197. The lowest BCUT2D eigenvalue weighted by Gasteiger charge is -2.06. The lowest BCUT2D eigenvalue weighted by Crippen LogP contribution is -2.35. The minimum atomic E-state index is -0.872. The van der Waals surface area contributed by atoms with Gasteiger partial charge in [0, 0.05) is 18.3 Å². The lowest BCUT2D eigenvalue weighted by atomic mass is 10.2. The molecule has 0 aliphatic heterocycles. The molecule has 1 aromatic rings. The molecule has 0 aromatic heterocycles. The quantitative estimate of drug-likeness (QED) is 0.364. The van der Waals surface area contributed by atoms with Gasteiger partial charge in [-0.05, 0) is 18.6 Å². The Morgan fingerprint density at radius 2 is 2.00 bits per heavy atom. The Kier molecular flexibility index (Phi) is 6.61. The third-order valence-corrected chi connectivity index (χ3v) is 2.99. The van der Waals surface area contributed by atoms with Gasteiger partial charge in [0.15, 0.2) is 0 Å². The van der Waals surface area contributed by atoms with Gasteiger partial charge in [-0.1, -0.05) is 31.4 Å². The molecule has 0 saturated heterocycles. The van der Waals surface area contributed by atoms with Gasteiger partial charge < -0.3 is 10.6 Å². The smallest absolute Gasteiger partial charge is 0.313 e. The van der Waals surface area contributed by atoms with Crippen LogP contribution >= 0.6 is 11.6 Å². The molecular formula is C13H16ClN3O4. The molecule has 8 heteroatoms. The second kappa shape index (κ2) is 8.21. The molecule has 114 valence electrons. The van der Waals surface area contributed by atoms with E-state index in [1.165, 1.54) is 12.1 Å². The number of nitro groups is 1. The van der Waals surface area contributed by atoms with Crippen molar-refractivity contribution in [2.45, 2.75) is 26.2 Å². The molecule has 0 aliphatic rings. The number of benzene rings is 1. The predicted molar refractivity (Wildman–Crippen MR) is 79.3 cm³/mol. The first-order valence-electron chi connectivity index (χ1n) is 6.48. The Bertz CT molecular complexity index is 548. The molecule has 1 aromatic carbocycles. The summed E-state index contributed by atoms with van der Waals surface area (Å²) in [6.07, 6.45) is 2.77. The normalized spacial score (nSPS) is 10.0. The molecule has 0 atom stereocenters. The first-order chi connectivity index (χ1) is 9.95. The van der Waals surface area contributed by atoms with Crippen LogP contribution in [-0.2, 0) is 9.59 Å². The zero-order chi connectivity index (χ0) is 15.8. The van der Waals surface area contributed by atoms with Gasteiger partial charge in [0.05, 0.1) is 4.92 Å². The van der Waals surface area contributed by atoms with Crippen molar-refractivity contribution in [2.24, 2.45) is 0 Å². The standard InChI is InChI=1S/C13H16ClN3O4/c1-2-3-4-7-15-12(18)13(19)16-9-5-6-10(14)11(8-9)17(20)21/h5-6,8H,2-4,7H2,1H3,(H,15,18)(H,16,19). The van der Waals surface area contributed by atoms with E-state index in [0.717, 1.165) is 25.3 Å². The van der Waals surface area contributed by atoms with Gasteiger partial charge >= 0.3 is 11.8 Å². The predicted octanol–water partition coefficient (Wildman–Crippen LogP) is 2.49. The summed E-state index contributed by atoms with van der Waals surface area (Å²) in [5.74, 6) is -1.65. The fraction of sp³-hybridized carbons (Fsp3) is 0.385. The van der Waals surface area contributed by atoms with Crippen molar-refractivity contribution in [2.75, 3.05) is 11.9 Å². The summed E-state index contributed by atoms with van der Waals surface area (Å²) >= 11 is 5.65. The van der Waals surface area contributed by atoms with Crippen molar-refractivity contribution in [3.8, 4) is 0 Å². The average molecular weight is 314 g/mol. The number of anilines is 1. The number of halogens is 1. The molecule has 0 radical (unpaired) electrons. The molecule has 0 bridgehead atoms. The molecule has 2 amide bonds. The number of nitrogens with zero attached hydrogens (tertiary/aromatic N) is 1. The first-order valence-corrected chi connectivity index (χ1v) is 6.86. The SMILES string of the molecule is CCCCCNC(=O)C(=O)Nc1ccc(Cl)c([N+](=O)[O-])c1. The van der Waals surface area contributed by atoms with Crippen LogP contribution in [0.25, 0.3) is 0 Å². The Balaban J connectivity index is 2.60. The third-order valence-electron chi connectivity index (χ3n) is 2.67. The third kappa shape index (κ3) is 5.39. The fourth-order valence-corrected chi connectivity index (χ4v) is 1.76. The molecule has 1 rings (SSSR count). The molecule has 21 heavy (non-hydrogen) atoms. The van der Waals surface area contributed by atoms with Crippen LogP contribution in [0, 0.1) is 10.1 Å². The molecule has 0 heterocycles. The first kappa shape index (κ1) is 16.9. The van der Waals surface area contributed by atoms with Crippen LogP contribution < -0.4 is 10.6 Å². The Morgan fingerprint density at radius 1 is 1.29 bits per heavy atom. The summed E-state index contributed by atoms with van der Waals surface area (Å²) in [6.45, 7) is 2.45. The number of rotatable bonds is 6. The van der Waals surface area contributed by atoms with Gasteiger partial charge in [-0.25, -0.2) is 0 Å². The van der Waals surface area contributed by atoms with Gasteiger partial charge in [-0.15, -0.1) is 0 Å². The van der Waals surface area contributed by atoms with E-state index in [1.54, 1.807) is 0 Å². The highest BCUT2D eigenvalue weighted by molar-refractivity contribution is 6.39. The van der Waals surface area contributed by atoms with Crippen LogP contribution in [0.1, 0.15) is 26.2 Å². The number of hydrogen-bond acceptors (Lipinski definition) is 4. The summed E-state index contributed by atoms with van der Waals surface area (Å²) in [6, 6.07) is 3.77. The number of carbonyl (C=O) groups is 2. The molecule has 0 spiro atoms. The van der Waals surface area contributed by atoms with E-state index in [4.69, 9.17) is 11.6 Å². The molecule has 0 aliphatic carbocycles. The van der Waals surface area contributed by atoms with E-state index in [9.17, 15) is 19.7 Å². The molecule has 0 unspecified atom stereocenters. The number of nitro benzene ring substituents is 1. The van der Waals surface area contributed by atoms with Gasteiger partial charge in [0.2, 0.25) is 0 Å². The lowest BCUT2D eigenvalue weighted by molar-refractivity contribution is -0.384. The summed E-state index contributed by atoms with van der Waals surface area (Å²) < 4.78 is 0. The van der Waals surface area contributed by atoms with E-state index in [2.05, 4.69) is 10.6 Å². The highest BCUT2D eigenvalue weighted by Gasteiger charge is 2.17. The Morgan fingerprint density at radius 3 is 2.62 bits per heavy atom. The van der Waals surface area contributed by atoms with Crippen LogP contribution in [0.3, 0.4) is 0 Å². The van der Waals surface area contributed by atoms with E-state index < -0.39 is 16.7 Å². The van der Waals surface area contributed by atoms with Crippen molar-refractivity contribution in [3.05, 3.63) is 33.3 Å². The molecule has 7 nitrogen and oxygen atoms in total. The Hall–Kier alpha value is -2.15. The number of hydrogen-bond donors (Lipinski definition) is 2. The van der Waals surface area contributed by atoms with Crippen molar-refractivity contribution in [1.82, 2.24) is 5.32 Å². The highest BCUT2D eigenvalue weighted by atomic mass is 35.5. The van der Waals surface area contributed by atoms with Crippen molar-refractivity contribution >= 4 is 34.8 Å². The minimum Gasteiger partial charge on any atom is -0.348 e. The van der Waals surface area contributed by atoms with Crippen LogP contribution in [-0.4, -0.2) is 23.3 Å². The van der Waals surface area contributed by atoms with Gasteiger partial charge in [0.25, 0.3) is 5.69 Å². The zero-order valence-electron chi connectivity index (χ0n) is 11.5. The van der Waals surface area contributed by atoms with Crippen LogP contribution in [0.15, 0.2) is 18.2 Å². The van der Waals surface area contributed by atoms with E-state index in [1.807, 2.05) is 6.92 Å². The average Bonchev–Trinajstić information content (AvgIpc) is 2.45. The van der Waals surface area contributed by atoms with Crippen LogP contribution in [0.4, 0.5) is 11.4 Å². The fourth-order valence-electron chi connectivity index (χ4n) is 1.58. The van der Waals surface area contributed by atoms with Crippen LogP contribution in [0.5, 0.6) is 0 Å². The van der Waals surface area contributed by atoms with Gasteiger partial charge in [-0.3, -0.25) is 19.7 Å². The number of unbranched alkanes of at least 4 members (excludes halogenated alkanes) is 2. The second-order valence-corrected chi connectivity index (χ2v) is 4.75. The molecule has 0 fully saturated rings.